The van der Waals surface area contributed by atoms with Crippen molar-refractivity contribution in [1.29, 1.82) is 0 Å². The summed E-state index contributed by atoms with van der Waals surface area (Å²) < 4.78 is 6.26. The molecule has 0 bridgehead atoms. The van der Waals surface area contributed by atoms with Crippen molar-refractivity contribution in [2.45, 2.75) is 19.9 Å². The first kappa shape index (κ1) is 18.4. The van der Waals surface area contributed by atoms with Crippen molar-refractivity contribution in [2.75, 3.05) is 27.4 Å². The highest BCUT2D eigenvalue weighted by Gasteiger charge is 2.45. The van der Waals surface area contributed by atoms with Crippen molar-refractivity contribution in [3.8, 4) is 5.75 Å². The minimum Gasteiger partial charge on any atom is -0.496 e. The van der Waals surface area contributed by atoms with E-state index in [4.69, 9.17) is 4.74 Å². The number of methoxy groups -OCH3 is 1. The second-order valence-electron chi connectivity index (χ2n) is 5.72. The van der Waals surface area contributed by atoms with Gasteiger partial charge < -0.3 is 9.64 Å². The second kappa shape index (κ2) is 7.76. The van der Waals surface area contributed by atoms with Gasteiger partial charge in [0.1, 0.15) is 12.3 Å². The van der Waals surface area contributed by atoms with Crippen molar-refractivity contribution in [3.05, 3.63) is 28.2 Å². The van der Waals surface area contributed by atoms with Crippen molar-refractivity contribution in [2.24, 2.45) is 0 Å². The van der Waals surface area contributed by atoms with Crippen LogP contribution in [0.15, 0.2) is 22.7 Å². The summed E-state index contributed by atoms with van der Waals surface area (Å²) in [6.45, 7) is 2.78. The Bertz CT molecular complexity index is 665. The number of hydrogen-bond donors (Lipinski definition) is 1. The number of rotatable bonds is 7. The zero-order valence-electron chi connectivity index (χ0n) is 14.0. The molecule has 1 aliphatic heterocycles. The summed E-state index contributed by atoms with van der Waals surface area (Å²) >= 11 is 3.42. The average Bonchev–Trinajstić information content (AvgIpc) is 2.73. The van der Waals surface area contributed by atoms with Crippen LogP contribution in [0.25, 0.3) is 0 Å². The standard InChI is InChI=1S/C16H20BrN3O4/c1-4-7-19-14(21)15(22)20(16(19)23)10-18(2)9-11-8-12(17)5-6-13(11)24-3/h5-6,8H,4,7,9-10H2,1-3H3/p+1. The molecule has 24 heavy (non-hydrogen) atoms. The maximum absolute atomic E-state index is 12.2. The Hall–Kier alpha value is -1.93. The van der Waals surface area contributed by atoms with Crippen LogP contribution < -0.4 is 9.64 Å². The molecule has 1 aromatic rings. The van der Waals surface area contributed by atoms with Crippen molar-refractivity contribution >= 4 is 33.8 Å². The lowest BCUT2D eigenvalue weighted by Crippen LogP contribution is -3.09. The van der Waals surface area contributed by atoms with E-state index in [1.165, 1.54) is 0 Å². The van der Waals surface area contributed by atoms with E-state index in [-0.39, 0.29) is 13.2 Å². The zero-order chi connectivity index (χ0) is 17.9. The van der Waals surface area contributed by atoms with E-state index in [0.29, 0.717) is 13.0 Å². The number of imide groups is 2. The Morgan fingerprint density at radius 2 is 1.83 bits per heavy atom. The fourth-order valence-corrected chi connectivity index (χ4v) is 3.06. The number of ether oxygens (including phenoxy) is 1. The van der Waals surface area contributed by atoms with Crippen LogP contribution in [0.2, 0.25) is 0 Å². The first-order chi connectivity index (χ1) is 11.4. The van der Waals surface area contributed by atoms with Crippen LogP contribution in [0.5, 0.6) is 5.75 Å². The van der Waals surface area contributed by atoms with Gasteiger partial charge in [0.15, 0.2) is 6.67 Å². The number of halogens is 1. The molecule has 0 saturated carbocycles. The van der Waals surface area contributed by atoms with Gasteiger partial charge in [-0.2, -0.15) is 0 Å². The highest BCUT2D eigenvalue weighted by molar-refractivity contribution is 9.10. The number of quaternary nitrogens is 1. The highest BCUT2D eigenvalue weighted by Crippen LogP contribution is 2.22. The van der Waals surface area contributed by atoms with Crippen LogP contribution in [0, 0.1) is 0 Å². The van der Waals surface area contributed by atoms with Gasteiger partial charge in [-0.3, -0.25) is 14.5 Å². The summed E-state index contributed by atoms with van der Waals surface area (Å²) in [5.74, 6) is -0.760. The molecule has 0 spiro atoms. The van der Waals surface area contributed by atoms with E-state index in [1.807, 2.05) is 32.2 Å². The van der Waals surface area contributed by atoms with Crippen molar-refractivity contribution in [1.82, 2.24) is 9.80 Å². The number of benzene rings is 1. The number of nitrogens with zero attached hydrogens (tertiary/aromatic N) is 2. The number of urea groups is 1. The summed E-state index contributed by atoms with van der Waals surface area (Å²) in [5.41, 5.74) is 0.945. The quantitative estimate of drug-likeness (QED) is 0.540. The molecule has 130 valence electrons. The Labute approximate surface area is 149 Å². The lowest BCUT2D eigenvalue weighted by Gasteiger charge is -2.20. The lowest BCUT2D eigenvalue weighted by molar-refractivity contribution is -0.901. The summed E-state index contributed by atoms with van der Waals surface area (Å²) in [7, 11) is 3.45. The van der Waals surface area contributed by atoms with Crippen LogP contribution >= 0.6 is 15.9 Å². The molecule has 1 fully saturated rings. The first-order valence-corrected chi connectivity index (χ1v) is 8.49. The van der Waals surface area contributed by atoms with Gasteiger partial charge in [-0.1, -0.05) is 22.9 Å². The zero-order valence-corrected chi connectivity index (χ0v) is 15.6. The molecule has 1 heterocycles. The minimum absolute atomic E-state index is 0.124. The van der Waals surface area contributed by atoms with E-state index in [0.717, 1.165) is 30.5 Å². The maximum Gasteiger partial charge on any atom is 0.338 e. The van der Waals surface area contributed by atoms with Gasteiger partial charge in [0, 0.05) is 16.6 Å². The van der Waals surface area contributed by atoms with Gasteiger partial charge >= 0.3 is 17.8 Å². The summed E-state index contributed by atoms with van der Waals surface area (Å²) in [5, 5.41) is 0. The second-order valence-corrected chi connectivity index (χ2v) is 6.64. The molecule has 1 N–H and O–H groups in total. The Balaban J connectivity index is 2.08. The van der Waals surface area contributed by atoms with Crippen LogP contribution in [-0.4, -0.2) is 55.0 Å². The molecule has 1 aliphatic rings. The third-order valence-electron chi connectivity index (χ3n) is 3.74. The fraction of sp³-hybridized carbons (Fsp3) is 0.438. The Morgan fingerprint density at radius 3 is 2.46 bits per heavy atom. The monoisotopic (exact) mass is 398 g/mol. The molecule has 7 nitrogen and oxygen atoms in total. The van der Waals surface area contributed by atoms with E-state index in [9.17, 15) is 14.4 Å². The van der Waals surface area contributed by atoms with Gasteiger partial charge in [-0.05, 0) is 24.6 Å². The molecule has 1 unspecified atom stereocenters. The molecular weight excluding hydrogens is 378 g/mol. The molecule has 8 heteroatoms. The minimum atomic E-state index is -0.756. The third kappa shape index (κ3) is 3.76. The molecular formula is C16H21BrN3O4+. The maximum atomic E-state index is 12.2. The SMILES string of the molecule is CCCN1C(=O)C(=O)N(C[NH+](C)Cc2cc(Br)ccc2OC)C1=O. The number of nitrogens with one attached hydrogen (secondary N) is 1. The first-order valence-electron chi connectivity index (χ1n) is 7.70. The Kier molecular flexibility index (Phi) is 5.95. The number of hydrogen-bond acceptors (Lipinski definition) is 4. The van der Waals surface area contributed by atoms with E-state index in [1.54, 1.807) is 7.11 Å². The number of carbonyl (C=O) groups is 3. The molecule has 2 rings (SSSR count). The smallest absolute Gasteiger partial charge is 0.338 e. The highest BCUT2D eigenvalue weighted by atomic mass is 79.9. The molecule has 1 aromatic carbocycles. The fourth-order valence-electron chi connectivity index (χ4n) is 2.65. The third-order valence-corrected chi connectivity index (χ3v) is 4.24. The molecule has 0 aliphatic carbocycles. The molecule has 1 atom stereocenters. The van der Waals surface area contributed by atoms with Gasteiger partial charge in [0.05, 0.1) is 14.2 Å². The largest absolute Gasteiger partial charge is 0.496 e. The average molecular weight is 399 g/mol. The molecule has 4 amide bonds. The summed E-state index contributed by atoms with van der Waals surface area (Å²) in [6, 6.07) is 5.13. The van der Waals surface area contributed by atoms with Gasteiger partial charge in [0.2, 0.25) is 0 Å². The van der Waals surface area contributed by atoms with Crippen LogP contribution in [0.1, 0.15) is 18.9 Å². The lowest BCUT2D eigenvalue weighted by atomic mass is 10.2. The molecule has 1 saturated heterocycles. The number of carbonyl (C=O) groups excluding carboxylic acids is 3. The van der Waals surface area contributed by atoms with Crippen molar-refractivity contribution in [3.63, 3.8) is 0 Å². The predicted octanol–water partition coefficient (Wildman–Crippen LogP) is 0.631. The van der Waals surface area contributed by atoms with Gasteiger partial charge in [0.25, 0.3) is 0 Å². The topological polar surface area (TPSA) is 71.4 Å². The van der Waals surface area contributed by atoms with E-state index < -0.39 is 17.8 Å². The van der Waals surface area contributed by atoms with Gasteiger partial charge in [-0.15, -0.1) is 0 Å². The van der Waals surface area contributed by atoms with Crippen LogP contribution in [0.3, 0.4) is 0 Å². The summed E-state index contributed by atoms with van der Waals surface area (Å²) in [6.07, 6.45) is 0.622. The van der Waals surface area contributed by atoms with E-state index in [2.05, 4.69) is 15.9 Å². The van der Waals surface area contributed by atoms with Crippen LogP contribution in [-0.2, 0) is 16.1 Å². The molecule has 0 radical (unpaired) electrons. The molecule has 0 aromatic heterocycles. The van der Waals surface area contributed by atoms with E-state index >= 15 is 0 Å². The summed E-state index contributed by atoms with van der Waals surface area (Å²) in [4.78, 5) is 39.1. The van der Waals surface area contributed by atoms with Crippen LogP contribution in [0.4, 0.5) is 4.79 Å². The predicted molar refractivity (Wildman–Crippen MR) is 90.4 cm³/mol. The van der Waals surface area contributed by atoms with Gasteiger partial charge in [-0.25, -0.2) is 9.69 Å². The normalized spacial score (nSPS) is 16.1. The van der Waals surface area contributed by atoms with Crippen molar-refractivity contribution < 1.29 is 24.0 Å². The number of amides is 4. The Morgan fingerprint density at radius 1 is 1.17 bits per heavy atom.